The number of hydrogen-bond acceptors (Lipinski definition) is 2. The van der Waals surface area contributed by atoms with Gasteiger partial charge in [0.1, 0.15) is 0 Å². The molecule has 0 aromatic rings. The highest BCUT2D eigenvalue weighted by atomic mass is 16.7. The lowest BCUT2D eigenvalue weighted by Gasteiger charge is -2.39. The summed E-state index contributed by atoms with van der Waals surface area (Å²) < 4.78 is 11.9. The molecule has 76 valence electrons. The van der Waals surface area contributed by atoms with Crippen molar-refractivity contribution in [2.45, 2.75) is 64.4 Å². The van der Waals surface area contributed by atoms with Gasteiger partial charge in [-0.2, -0.15) is 0 Å². The van der Waals surface area contributed by atoms with E-state index in [0.717, 1.165) is 12.8 Å². The van der Waals surface area contributed by atoms with E-state index in [9.17, 15) is 0 Å². The maximum absolute atomic E-state index is 6.00. The van der Waals surface area contributed by atoms with Crippen molar-refractivity contribution in [3.63, 3.8) is 0 Å². The second-order valence-electron chi connectivity index (χ2n) is 4.70. The van der Waals surface area contributed by atoms with E-state index in [-0.39, 0.29) is 5.79 Å². The summed E-state index contributed by atoms with van der Waals surface area (Å²) in [6.45, 7) is 6.55. The second-order valence-corrected chi connectivity index (χ2v) is 4.70. The summed E-state index contributed by atoms with van der Waals surface area (Å²) in [5.41, 5.74) is 0. The molecule has 2 saturated heterocycles. The van der Waals surface area contributed by atoms with Gasteiger partial charge in [-0.05, 0) is 33.1 Å². The molecule has 2 nitrogen and oxygen atoms in total. The van der Waals surface area contributed by atoms with E-state index in [4.69, 9.17) is 9.47 Å². The molecule has 2 heterocycles. The summed E-state index contributed by atoms with van der Waals surface area (Å²) in [5.74, 6) is 0.335. The maximum Gasteiger partial charge on any atom is 0.171 e. The van der Waals surface area contributed by atoms with Crippen LogP contribution in [0.2, 0.25) is 0 Å². The van der Waals surface area contributed by atoms with Crippen LogP contribution < -0.4 is 0 Å². The number of rotatable bonds is 0. The lowest BCUT2D eigenvalue weighted by atomic mass is 9.91. The van der Waals surface area contributed by atoms with Gasteiger partial charge >= 0.3 is 0 Å². The Morgan fingerprint density at radius 1 is 1.08 bits per heavy atom. The van der Waals surface area contributed by atoms with E-state index in [0.29, 0.717) is 18.1 Å². The molecular formula is C11H20O2. The largest absolute Gasteiger partial charge is 0.347 e. The van der Waals surface area contributed by atoms with Crippen molar-refractivity contribution in [2.75, 3.05) is 0 Å². The zero-order valence-corrected chi connectivity index (χ0v) is 8.88. The fourth-order valence-electron chi connectivity index (χ4n) is 2.73. The van der Waals surface area contributed by atoms with Gasteiger partial charge in [0.2, 0.25) is 0 Å². The van der Waals surface area contributed by atoms with Gasteiger partial charge in [0.05, 0.1) is 12.2 Å². The Morgan fingerprint density at radius 2 is 1.77 bits per heavy atom. The van der Waals surface area contributed by atoms with Crippen molar-refractivity contribution >= 4 is 0 Å². The lowest BCUT2D eigenvalue weighted by Crippen LogP contribution is -2.43. The highest BCUT2D eigenvalue weighted by Crippen LogP contribution is 2.44. The van der Waals surface area contributed by atoms with Crippen LogP contribution in [0.15, 0.2) is 0 Å². The van der Waals surface area contributed by atoms with Gasteiger partial charge in [-0.3, -0.25) is 0 Å². The zero-order valence-electron chi connectivity index (χ0n) is 8.88. The van der Waals surface area contributed by atoms with Crippen molar-refractivity contribution < 1.29 is 9.47 Å². The molecule has 2 rings (SSSR count). The Bertz CT molecular complexity index is 193. The molecule has 2 aliphatic heterocycles. The van der Waals surface area contributed by atoms with Crippen LogP contribution in [0.3, 0.4) is 0 Å². The molecule has 0 saturated carbocycles. The van der Waals surface area contributed by atoms with Gasteiger partial charge in [0.25, 0.3) is 0 Å². The molecule has 0 radical (unpaired) electrons. The van der Waals surface area contributed by atoms with Gasteiger partial charge in [0.15, 0.2) is 5.79 Å². The summed E-state index contributed by atoms with van der Waals surface area (Å²) >= 11 is 0. The van der Waals surface area contributed by atoms with E-state index in [1.165, 1.54) is 12.8 Å². The molecule has 0 unspecified atom stereocenters. The Hall–Kier alpha value is -0.0800. The molecule has 0 amide bonds. The second kappa shape index (κ2) is 3.25. The summed E-state index contributed by atoms with van der Waals surface area (Å²) in [4.78, 5) is 0. The Morgan fingerprint density at radius 3 is 2.31 bits per heavy atom. The van der Waals surface area contributed by atoms with Crippen LogP contribution in [0.4, 0.5) is 0 Å². The SMILES string of the molecule is C[C@@H]1CCC[C@]2(O1)O[C@@H](C)C[C@@H]2C. The topological polar surface area (TPSA) is 18.5 Å². The molecule has 0 N–H and O–H groups in total. The molecule has 13 heavy (non-hydrogen) atoms. The van der Waals surface area contributed by atoms with Crippen molar-refractivity contribution in [3.8, 4) is 0 Å². The zero-order chi connectivity index (χ0) is 9.47. The Balaban J connectivity index is 2.10. The molecule has 1 spiro atoms. The average molecular weight is 184 g/mol. The van der Waals surface area contributed by atoms with Crippen LogP contribution in [-0.4, -0.2) is 18.0 Å². The molecule has 2 aliphatic rings. The first-order valence-electron chi connectivity index (χ1n) is 5.48. The molecule has 2 heteroatoms. The fourth-order valence-corrected chi connectivity index (χ4v) is 2.73. The van der Waals surface area contributed by atoms with Crippen molar-refractivity contribution in [1.82, 2.24) is 0 Å². The Kier molecular flexibility index (Phi) is 2.37. The standard InChI is InChI=1S/C11H20O2/c1-8-7-10(3)13-11(8)6-4-5-9(2)12-11/h8-10H,4-7H2,1-3H3/t8-,9+,10-,11-/m0/s1. The fraction of sp³-hybridized carbons (Fsp3) is 1.00. The smallest absolute Gasteiger partial charge is 0.171 e. The number of ether oxygens (including phenoxy) is 2. The highest BCUT2D eigenvalue weighted by Gasteiger charge is 2.48. The van der Waals surface area contributed by atoms with Crippen LogP contribution in [0, 0.1) is 5.92 Å². The van der Waals surface area contributed by atoms with Crippen molar-refractivity contribution in [1.29, 1.82) is 0 Å². The van der Waals surface area contributed by atoms with Crippen LogP contribution >= 0.6 is 0 Å². The third-order valence-electron chi connectivity index (χ3n) is 3.37. The third-order valence-corrected chi connectivity index (χ3v) is 3.37. The van der Waals surface area contributed by atoms with Gasteiger partial charge in [-0.1, -0.05) is 6.92 Å². The molecule has 2 fully saturated rings. The maximum atomic E-state index is 6.00. The van der Waals surface area contributed by atoms with E-state index < -0.39 is 0 Å². The van der Waals surface area contributed by atoms with Gasteiger partial charge in [0, 0.05) is 12.3 Å². The first kappa shape index (κ1) is 9.47. The third kappa shape index (κ3) is 1.62. The van der Waals surface area contributed by atoms with Crippen molar-refractivity contribution in [3.05, 3.63) is 0 Å². The van der Waals surface area contributed by atoms with Crippen molar-refractivity contribution in [2.24, 2.45) is 5.92 Å². The molecular weight excluding hydrogens is 164 g/mol. The van der Waals surface area contributed by atoms with Gasteiger partial charge < -0.3 is 9.47 Å². The normalized spacial score (nSPS) is 51.5. The first-order valence-corrected chi connectivity index (χ1v) is 5.48. The predicted molar refractivity (Wildman–Crippen MR) is 51.5 cm³/mol. The summed E-state index contributed by atoms with van der Waals surface area (Å²) in [6.07, 6.45) is 5.42. The average Bonchev–Trinajstić information content (AvgIpc) is 2.26. The molecule has 0 aromatic heterocycles. The van der Waals surface area contributed by atoms with Gasteiger partial charge in [-0.15, -0.1) is 0 Å². The van der Waals surface area contributed by atoms with Gasteiger partial charge in [-0.25, -0.2) is 0 Å². The minimum atomic E-state index is -0.225. The summed E-state index contributed by atoms with van der Waals surface area (Å²) in [5, 5.41) is 0. The van der Waals surface area contributed by atoms with E-state index in [1.807, 2.05) is 0 Å². The lowest BCUT2D eigenvalue weighted by molar-refractivity contribution is -0.279. The monoisotopic (exact) mass is 184 g/mol. The molecule has 0 aromatic carbocycles. The summed E-state index contributed by atoms with van der Waals surface area (Å²) in [6, 6.07) is 0. The predicted octanol–water partition coefficient (Wildman–Crippen LogP) is 2.72. The minimum Gasteiger partial charge on any atom is -0.347 e. The van der Waals surface area contributed by atoms with Crippen LogP contribution in [-0.2, 0) is 9.47 Å². The Labute approximate surface area is 80.6 Å². The van der Waals surface area contributed by atoms with E-state index in [2.05, 4.69) is 20.8 Å². The summed E-state index contributed by atoms with van der Waals surface area (Å²) in [7, 11) is 0. The molecule has 0 aliphatic carbocycles. The first-order chi connectivity index (χ1) is 6.12. The molecule has 4 atom stereocenters. The minimum absolute atomic E-state index is 0.225. The number of hydrogen-bond donors (Lipinski definition) is 0. The quantitative estimate of drug-likeness (QED) is 0.576. The van der Waals surface area contributed by atoms with Crippen LogP contribution in [0.5, 0.6) is 0 Å². The van der Waals surface area contributed by atoms with Crippen LogP contribution in [0.1, 0.15) is 46.5 Å². The highest BCUT2D eigenvalue weighted by molar-refractivity contribution is 4.88. The van der Waals surface area contributed by atoms with Crippen LogP contribution in [0.25, 0.3) is 0 Å². The van der Waals surface area contributed by atoms with E-state index >= 15 is 0 Å². The molecule has 0 bridgehead atoms. The van der Waals surface area contributed by atoms with E-state index in [1.54, 1.807) is 0 Å².